The summed E-state index contributed by atoms with van der Waals surface area (Å²) in [6.07, 6.45) is 1.51. The van der Waals surface area contributed by atoms with Crippen molar-refractivity contribution in [3.05, 3.63) is 52.2 Å². The van der Waals surface area contributed by atoms with Crippen LogP contribution in [0.3, 0.4) is 0 Å². The minimum atomic E-state index is -0.418. The summed E-state index contributed by atoms with van der Waals surface area (Å²) in [7, 11) is 3.15. The first-order valence-electron chi connectivity index (χ1n) is 8.35. The Balaban J connectivity index is 2.60. The molecule has 1 heterocycles. The summed E-state index contributed by atoms with van der Waals surface area (Å²) in [5.41, 5.74) is 0.983. The molecule has 1 aromatic rings. The highest BCUT2D eigenvalue weighted by Crippen LogP contribution is 2.36. The molecule has 2 amide bonds. The van der Waals surface area contributed by atoms with Crippen LogP contribution in [0.25, 0.3) is 5.57 Å². The molecule has 0 saturated carbocycles. The first-order valence-corrected chi connectivity index (χ1v) is 9.11. The Bertz CT molecular complexity index is 756. The van der Waals surface area contributed by atoms with Crippen LogP contribution in [-0.4, -0.2) is 68.7 Å². The lowest BCUT2D eigenvalue weighted by molar-refractivity contribution is -0.137. The molecule has 0 unspecified atom stereocenters. The standard InChI is InChI=1S/C19H22Cl2N2O4/c1-4-7-23-18(24)16(14-6-5-13(20)12-15(14)21)17(19(23)25)22(8-10-26-2)9-11-27-3/h4-6,12H,1,7-11H2,2-3H3. The Morgan fingerprint density at radius 3 is 2.26 bits per heavy atom. The predicted octanol–water partition coefficient (Wildman–Crippen LogP) is 2.85. The lowest BCUT2D eigenvalue weighted by Crippen LogP contribution is -2.37. The molecule has 0 radical (unpaired) electrons. The largest absolute Gasteiger partial charge is 0.383 e. The number of benzene rings is 1. The fraction of sp³-hybridized carbons (Fsp3) is 0.368. The number of carbonyl (C=O) groups is 2. The second kappa shape index (κ2) is 9.90. The molecular formula is C19H22Cl2N2O4. The molecule has 1 aliphatic rings. The van der Waals surface area contributed by atoms with E-state index < -0.39 is 11.8 Å². The molecule has 2 rings (SSSR count). The Morgan fingerprint density at radius 2 is 1.74 bits per heavy atom. The normalized spacial score (nSPS) is 14.3. The number of nitrogens with zero attached hydrogens (tertiary/aromatic N) is 2. The first kappa shape index (κ1) is 21.4. The SMILES string of the molecule is C=CCN1C(=O)C(c2ccc(Cl)cc2Cl)=C(N(CCOC)CCOC)C1=O. The highest BCUT2D eigenvalue weighted by atomic mass is 35.5. The zero-order chi connectivity index (χ0) is 20.0. The summed E-state index contributed by atoms with van der Waals surface area (Å²) in [5, 5.41) is 0.747. The molecule has 0 aromatic heterocycles. The minimum absolute atomic E-state index is 0.109. The summed E-state index contributed by atoms with van der Waals surface area (Å²) >= 11 is 12.3. The monoisotopic (exact) mass is 412 g/mol. The van der Waals surface area contributed by atoms with E-state index in [2.05, 4.69) is 6.58 Å². The molecule has 0 atom stereocenters. The maximum Gasteiger partial charge on any atom is 0.278 e. The van der Waals surface area contributed by atoms with Crippen LogP contribution in [0.5, 0.6) is 0 Å². The minimum Gasteiger partial charge on any atom is -0.383 e. The van der Waals surface area contributed by atoms with Gasteiger partial charge in [0.05, 0.1) is 23.8 Å². The molecule has 1 aromatic carbocycles. The van der Waals surface area contributed by atoms with E-state index in [9.17, 15) is 9.59 Å². The van der Waals surface area contributed by atoms with Crippen molar-refractivity contribution in [2.75, 3.05) is 47.1 Å². The lowest BCUT2D eigenvalue weighted by Gasteiger charge is -2.25. The maximum absolute atomic E-state index is 13.0. The average Bonchev–Trinajstić information content (AvgIpc) is 2.87. The zero-order valence-electron chi connectivity index (χ0n) is 15.3. The van der Waals surface area contributed by atoms with Gasteiger partial charge in [0.25, 0.3) is 11.8 Å². The van der Waals surface area contributed by atoms with Gasteiger partial charge >= 0.3 is 0 Å². The van der Waals surface area contributed by atoms with Crippen LogP contribution in [0.15, 0.2) is 36.6 Å². The third-order valence-corrected chi connectivity index (χ3v) is 4.65. The van der Waals surface area contributed by atoms with Gasteiger partial charge in [-0.05, 0) is 12.1 Å². The molecule has 6 nitrogen and oxygen atoms in total. The lowest BCUT2D eigenvalue weighted by atomic mass is 10.0. The molecule has 0 bridgehead atoms. The molecule has 0 saturated heterocycles. The third kappa shape index (κ3) is 4.71. The maximum atomic E-state index is 13.0. The summed E-state index contributed by atoms with van der Waals surface area (Å²) in [6, 6.07) is 4.83. The summed E-state index contributed by atoms with van der Waals surface area (Å²) < 4.78 is 10.3. The van der Waals surface area contributed by atoms with E-state index in [0.29, 0.717) is 41.9 Å². The molecule has 0 aliphatic carbocycles. The van der Waals surface area contributed by atoms with Crippen LogP contribution < -0.4 is 0 Å². The molecule has 0 spiro atoms. The van der Waals surface area contributed by atoms with E-state index in [0.717, 1.165) is 4.90 Å². The number of carbonyl (C=O) groups excluding carboxylic acids is 2. The Labute approximate surface area is 168 Å². The topological polar surface area (TPSA) is 59.1 Å². The van der Waals surface area contributed by atoms with Gasteiger partial charge in [-0.1, -0.05) is 35.3 Å². The highest BCUT2D eigenvalue weighted by Gasteiger charge is 2.41. The number of hydrogen-bond donors (Lipinski definition) is 0. The first-order chi connectivity index (χ1) is 13.0. The summed E-state index contributed by atoms with van der Waals surface area (Å²) in [4.78, 5) is 29.0. The van der Waals surface area contributed by atoms with E-state index in [1.54, 1.807) is 37.3 Å². The number of rotatable bonds is 10. The summed E-state index contributed by atoms with van der Waals surface area (Å²) in [6.45, 7) is 5.35. The van der Waals surface area contributed by atoms with E-state index in [-0.39, 0.29) is 17.8 Å². The predicted molar refractivity (Wildman–Crippen MR) is 106 cm³/mol. The van der Waals surface area contributed by atoms with Gasteiger partial charge < -0.3 is 14.4 Å². The van der Waals surface area contributed by atoms with E-state index >= 15 is 0 Å². The smallest absolute Gasteiger partial charge is 0.278 e. The van der Waals surface area contributed by atoms with Crippen molar-refractivity contribution in [1.82, 2.24) is 9.80 Å². The van der Waals surface area contributed by atoms with Gasteiger partial charge in [0.15, 0.2) is 0 Å². The van der Waals surface area contributed by atoms with E-state index in [1.807, 2.05) is 0 Å². The third-order valence-electron chi connectivity index (χ3n) is 4.10. The number of amides is 2. The molecule has 0 N–H and O–H groups in total. The molecular weight excluding hydrogens is 391 g/mol. The fourth-order valence-electron chi connectivity index (χ4n) is 2.82. The van der Waals surface area contributed by atoms with Crippen molar-refractivity contribution in [2.24, 2.45) is 0 Å². The molecule has 0 fully saturated rings. The van der Waals surface area contributed by atoms with Gasteiger partial charge in [-0.3, -0.25) is 14.5 Å². The van der Waals surface area contributed by atoms with Gasteiger partial charge in [-0.2, -0.15) is 0 Å². The highest BCUT2D eigenvalue weighted by molar-refractivity contribution is 6.41. The van der Waals surface area contributed by atoms with Crippen molar-refractivity contribution in [2.45, 2.75) is 0 Å². The number of halogens is 2. The second-order valence-electron chi connectivity index (χ2n) is 5.83. The van der Waals surface area contributed by atoms with E-state index in [1.165, 1.54) is 6.08 Å². The van der Waals surface area contributed by atoms with Gasteiger partial charge in [-0.15, -0.1) is 6.58 Å². The fourth-order valence-corrected chi connectivity index (χ4v) is 3.33. The van der Waals surface area contributed by atoms with Gasteiger partial charge in [0.2, 0.25) is 0 Å². The number of ether oxygens (including phenoxy) is 2. The van der Waals surface area contributed by atoms with Crippen LogP contribution >= 0.6 is 23.2 Å². The quantitative estimate of drug-likeness (QED) is 0.436. The molecule has 146 valence electrons. The molecule has 1 aliphatic heterocycles. The number of methoxy groups -OCH3 is 2. The van der Waals surface area contributed by atoms with E-state index in [4.69, 9.17) is 32.7 Å². The van der Waals surface area contributed by atoms with Crippen molar-refractivity contribution in [3.63, 3.8) is 0 Å². The Hall–Kier alpha value is -1.86. The van der Waals surface area contributed by atoms with Crippen LogP contribution in [0.1, 0.15) is 5.56 Å². The molecule has 27 heavy (non-hydrogen) atoms. The van der Waals surface area contributed by atoms with Crippen molar-refractivity contribution in [1.29, 1.82) is 0 Å². The number of hydrogen-bond acceptors (Lipinski definition) is 5. The Morgan fingerprint density at radius 1 is 1.11 bits per heavy atom. The van der Waals surface area contributed by atoms with Crippen LogP contribution in [-0.2, 0) is 19.1 Å². The Kier molecular flexibility index (Phi) is 7.86. The van der Waals surface area contributed by atoms with Crippen molar-refractivity contribution in [3.8, 4) is 0 Å². The average molecular weight is 413 g/mol. The second-order valence-corrected chi connectivity index (χ2v) is 6.67. The summed E-state index contributed by atoms with van der Waals surface area (Å²) in [5.74, 6) is -0.813. The van der Waals surface area contributed by atoms with Gasteiger partial charge in [0, 0.05) is 44.4 Å². The van der Waals surface area contributed by atoms with Crippen LogP contribution in [0.4, 0.5) is 0 Å². The zero-order valence-corrected chi connectivity index (χ0v) is 16.8. The van der Waals surface area contributed by atoms with Crippen molar-refractivity contribution >= 4 is 40.6 Å². The van der Waals surface area contributed by atoms with Crippen molar-refractivity contribution < 1.29 is 19.1 Å². The van der Waals surface area contributed by atoms with Gasteiger partial charge in [0.1, 0.15) is 5.70 Å². The molecule has 8 heteroatoms. The van der Waals surface area contributed by atoms with Crippen LogP contribution in [0, 0.1) is 0 Å². The van der Waals surface area contributed by atoms with Crippen LogP contribution in [0.2, 0.25) is 10.0 Å². The number of imide groups is 1. The van der Waals surface area contributed by atoms with Gasteiger partial charge in [-0.25, -0.2) is 0 Å².